The van der Waals surface area contributed by atoms with Crippen LogP contribution in [-0.4, -0.2) is 55.7 Å². The molecule has 0 atom stereocenters. The first-order valence-corrected chi connectivity index (χ1v) is 11.2. The first-order valence-electron chi connectivity index (χ1n) is 11.2. The highest BCUT2D eigenvalue weighted by molar-refractivity contribution is 5.79. The summed E-state index contributed by atoms with van der Waals surface area (Å²) in [5, 5.41) is 7.03. The van der Waals surface area contributed by atoms with Crippen LogP contribution in [0.3, 0.4) is 0 Å². The van der Waals surface area contributed by atoms with E-state index in [4.69, 9.17) is 9.47 Å². The van der Waals surface area contributed by atoms with Crippen molar-refractivity contribution in [3.05, 3.63) is 23.8 Å². The summed E-state index contributed by atoms with van der Waals surface area (Å²) in [6.07, 6.45) is 6.47. The largest absolute Gasteiger partial charge is 0.486 e. The van der Waals surface area contributed by atoms with Crippen molar-refractivity contribution in [2.45, 2.75) is 70.0 Å². The van der Waals surface area contributed by atoms with Gasteiger partial charge in [0.1, 0.15) is 13.2 Å². The second kappa shape index (κ2) is 8.92. The number of amides is 1. The van der Waals surface area contributed by atoms with Gasteiger partial charge in [0.15, 0.2) is 11.5 Å². The molecule has 1 amide bonds. The van der Waals surface area contributed by atoms with E-state index in [0.29, 0.717) is 31.8 Å². The van der Waals surface area contributed by atoms with E-state index in [1.807, 2.05) is 6.07 Å². The molecule has 1 aliphatic carbocycles. The van der Waals surface area contributed by atoms with Crippen LogP contribution < -0.4 is 20.1 Å². The Kier molecular flexibility index (Phi) is 6.30. The molecule has 2 N–H and O–H groups in total. The quantitative estimate of drug-likeness (QED) is 0.768. The van der Waals surface area contributed by atoms with Gasteiger partial charge in [-0.15, -0.1) is 0 Å². The van der Waals surface area contributed by atoms with Crippen molar-refractivity contribution in [3.8, 4) is 11.5 Å². The number of hydrogen-bond donors (Lipinski definition) is 2. The van der Waals surface area contributed by atoms with Crippen LogP contribution in [0, 0.1) is 0 Å². The highest BCUT2D eigenvalue weighted by Crippen LogP contribution is 2.42. The average Bonchev–Trinajstić information content (AvgIpc) is 3.18. The van der Waals surface area contributed by atoms with E-state index in [2.05, 4.69) is 41.5 Å². The minimum atomic E-state index is -0.273. The molecule has 29 heavy (non-hydrogen) atoms. The van der Waals surface area contributed by atoms with E-state index < -0.39 is 0 Å². The van der Waals surface area contributed by atoms with Crippen LogP contribution in [0.4, 0.5) is 0 Å². The maximum atomic E-state index is 13.0. The number of ether oxygens (including phenoxy) is 2. The summed E-state index contributed by atoms with van der Waals surface area (Å²) in [4.78, 5) is 15.3. The number of carbonyl (C=O) groups excluding carboxylic acids is 1. The number of fused-ring (bicyclic) bond motifs is 1. The van der Waals surface area contributed by atoms with Crippen molar-refractivity contribution in [1.82, 2.24) is 15.5 Å². The van der Waals surface area contributed by atoms with Gasteiger partial charge in [0.05, 0.1) is 12.1 Å². The Hall–Kier alpha value is -1.79. The minimum Gasteiger partial charge on any atom is -0.486 e. The van der Waals surface area contributed by atoms with Gasteiger partial charge < -0.3 is 20.1 Å². The highest BCUT2D eigenvalue weighted by Gasteiger charge is 2.38. The molecular formula is C23H35N3O3. The molecule has 0 radical (unpaired) electrons. The third-order valence-corrected chi connectivity index (χ3v) is 6.45. The van der Waals surface area contributed by atoms with Crippen molar-refractivity contribution in [2.75, 3.05) is 32.8 Å². The van der Waals surface area contributed by atoms with Gasteiger partial charge in [0, 0.05) is 25.2 Å². The number of likely N-dealkylation sites (tertiary alicyclic amines) is 1. The topological polar surface area (TPSA) is 62.8 Å². The van der Waals surface area contributed by atoms with Crippen molar-refractivity contribution < 1.29 is 14.3 Å². The van der Waals surface area contributed by atoms with Crippen LogP contribution in [0.5, 0.6) is 11.5 Å². The van der Waals surface area contributed by atoms with Crippen molar-refractivity contribution in [3.63, 3.8) is 0 Å². The van der Waals surface area contributed by atoms with Gasteiger partial charge in [-0.3, -0.25) is 9.69 Å². The number of nitrogens with one attached hydrogen (secondary N) is 2. The fourth-order valence-electron chi connectivity index (χ4n) is 5.04. The standard InChI is InChI=1S/C23H35N3O3/c1-17(2)24-19-7-11-26(12-8-19)16-22(27)25-23(9-3-4-10-23)18-5-6-20-21(15-18)29-14-13-28-20/h5-6,15,17,19,24H,3-4,7-14,16H2,1-2H3,(H,25,27). The van der Waals surface area contributed by atoms with Crippen LogP contribution in [0.1, 0.15) is 57.9 Å². The summed E-state index contributed by atoms with van der Waals surface area (Å²) in [6.45, 7) is 8.01. The fourth-order valence-corrected chi connectivity index (χ4v) is 5.04. The SMILES string of the molecule is CC(C)NC1CCN(CC(=O)NC2(c3ccc4c(c3)OCCO4)CCCC2)CC1. The summed E-state index contributed by atoms with van der Waals surface area (Å²) in [5.41, 5.74) is 0.872. The van der Waals surface area contributed by atoms with Crippen LogP contribution in [0.15, 0.2) is 18.2 Å². The van der Waals surface area contributed by atoms with Crippen LogP contribution in [0.2, 0.25) is 0 Å². The molecule has 6 nitrogen and oxygen atoms in total. The van der Waals surface area contributed by atoms with E-state index in [-0.39, 0.29) is 11.4 Å². The molecule has 160 valence electrons. The van der Waals surface area contributed by atoms with Gasteiger partial charge in [-0.05, 0) is 43.4 Å². The predicted octanol–water partition coefficient (Wildman–Crippen LogP) is 2.81. The molecule has 3 aliphatic rings. The lowest BCUT2D eigenvalue weighted by molar-refractivity contribution is -0.124. The normalized spacial score (nSPS) is 22.0. The number of rotatable bonds is 6. The molecule has 4 rings (SSSR count). The zero-order valence-corrected chi connectivity index (χ0v) is 17.8. The lowest BCUT2D eigenvalue weighted by Gasteiger charge is -2.35. The third-order valence-electron chi connectivity index (χ3n) is 6.45. The molecule has 1 saturated carbocycles. The smallest absolute Gasteiger partial charge is 0.234 e. The molecule has 2 fully saturated rings. The second-order valence-corrected chi connectivity index (χ2v) is 9.07. The van der Waals surface area contributed by atoms with Gasteiger partial charge in [0.25, 0.3) is 0 Å². The molecule has 0 bridgehead atoms. The van der Waals surface area contributed by atoms with Gasteiger partial charge >= 0.3 is 0 Å². The molecule has 0 unspecified atom stereocenters. The Bertz CT molecular complexity index is 707. The second-order valence-electron chi connectivity index (χ2n) is 9.07. The zero-order chi connectivity index (χ0) is 20.3. The van der Waals surface area contributed by atoms with Crippen molar-refractivity contribution in [1.29, 1.82) is 0 Å². The van der Waals surface area contributed by atoms with Crippen LogP contribution >= 0.6 is 0 Å². The number of hydrogen-bond acceptors (Lipinski definition) is 5. The predicted molar refractivity (Wildman–Crippen MR) is 113 cm³/mol. The van der Waals surface area contributed by atoms with E-state index >= 15 is 0 Å². The third kappa shape index (κ3) is 4.86. The Morgan fingerprint density at radius 3 is 2.52 bits per heavy atom. The van der Waals surface area contributed by atoms with Crippen molar-refractivity contribution >= 4 is 5.91 Å². The zero-order valence-electron chi connectivity index (χ0n) is 17.8. The molecule has 6 heteroatoms. The summed E-state index contributed by atoms with van der Waals surface area (Å²) < 4.78 is 11.4. The van der Waals surface area contributed by atoms with Gasteiger partial charge in [0.2, 0.25) is 5.91 Å². The molecule has 0 spiro atoms. The summed E-state index contributed by atoms with van der Waals surface area (Å²) in [5.74, 6) is 1.74. The van der Waals surface area contributed by atoms with Crippen molar-refractivity contribution in [2.24, 2.45) is 0 Å². The van der Waals surface area contributed by atoms with E-state index in [1.54, 1.807) is 0 Å². The fraction of sp³-hybridized carbons (Fsp3) is 0.696. The Morgan fingerprint density at radius 1 is 1.14 bits per heavy atom. The first kappa shape index (κ1) is 20.5. The molecule has 1 saturated heterocycles. The van der Waals surface area contributed by atoms with E-state index in [9.17, 15) is 4.79 Å². The summed E-state index contributed by atoms with van der Waals surface area (Å²) in [7, 11) is 0. The Balaban J connectivity index is 1.38. The summed E-state index contributed by atoms with van der Waals surface area (Å²) >= 11 is 0. The van der Waals surface area contributed by atoms with Gasteiger partial charge in [-0.25, -0.2) is 0 Å². The highest BCUT2D eigenvalue weighted by atomic mass is 16.6. The van der Waals surface area contributed by atoms with Gasteiger partial charge in [-0.2, -0.15) is 0 Å². The number of benzene rings is 1. The van der Waals surface area contributed by atoms with E-state index in [0.717, 1.165) is 68.7 Å². The average molecular weight is 402 g/mol. The Morgan fingerprint density at radius 2 is 1.83 bits per heavy atom. The Labute approximate surface area is 174 Å². The molecule has 0 aromatic heterocycles. The number of piperidine rings is 1. The summed E-state index contributed by atoms with van der Waals surface area (Å²) in [6, 6.07) is 7.25. The van der Waals surface area contributed by atoms with Gasteiger partial charge in [-0.1, -0.05) is 32.8 Å². The first-order chi connectivity index (χ1) is 14.0. The van der Waals surface area contributed by atoms with E-state index in [1.165, 1.54) is 0 Å². The molecule has 1 aromatic carbocycles. The lowest BCUT2D eigenvalue weighted by atomic mass is 9.87. The molecule has 1 aromatic rings. The van der Waals surface area contributed by atoms with Crippen LogP contribution in [0.25, 0.3) is 0 Å². The number of carbonyl (C=O) groups is 1. The van der Waals surface area contributed by atoms with Crippen LogP contribution in [-0.2, 0) is 10.3 Å². The molecule has 2 heterocycles. The molecular weight excluding hydrogens is 366 g/mol. The number of nitrogens with zero attached hydrogens (tertiary/aromatic N) is 1. The molecule has 2 aliphatic heterocycles. The maximum Gasteiger partial charge on any atom is 0.234 e. The monoisotopic (exact) mass is 401 g/mol. The minimum absolute atomic E-state index is 0.136. The lowest BCUT2D eigenvalue weighted by Crippen LogP contribution is -2.51. The maximum absolute atomic E-state index is 13.0.